The number of nitrogens with one attached hydrogen (secondary N) is 1. The first-order valence-corrected chi connectivity index (χ1v) is 8.91. The van der Waals surface area contributed by atoms with Gasteiger partial charge in [0.15, 0.2) is 0 Å². The van der Waals surface area contributed by atoms with E-state index < -0.39 is 0 Å². The van der Waals surface area contributed by atoms with Gasteiger partial charge >= 0.3 is 0 Å². The van der Waals surface area contributed by atoms with Crippen molar-refractivity contribution in [1.82, 2.24) is 9.55 Å². The summed E-state index contributed by atoms with van der Waals surface area (Å²) in [6.07, 6.45) is 3.45. The molecule has 0 fully saturated rings. The lowest BCUT2D eigenvalue weighted by atomic mass is 10.2. The number of aromatic nitrogens is 2. The average Bonchev–Trinajstić information content (AvgIpc) is 2.94. The fourth-order valence-corrected chi connectivity index (χ4v) is 3.63. The van der Waals surface area contributed by atoms with Crippen molar-refractivity contribution >= 4 is 33.1 Å². The summed E-state index contributed by atoms with van der Waals surface area (Å²) >= 11 is 1.22. The third-order valence-corrected chi connectivity index (χ3v) is 5.20. The highest BCUT2D eigenvalue weighted by Crippen LogP contribution is 2.27. The highest BCUT2D eigenvalue weighted by molar-refractivity contribution is 7.20. The van der Waals surface area contributed by atoms with E-state index in [1.807, 2.05) is 0 Å². The molecule has 2 aromatic heterocycles. The molecular formula is C18H19N3O3S. The predicted molar refractivity (Wildman–Crippen MR) is 99.6 cm³/mol. The fourth-order valence-electron chi connectivity index (χ4n) is 2.60. The largest absolute Gasteiger partial charge is 0.508 e. The summed E-state index contributed by atoms with van der Waals surface area (Å²) in [5.74, 6) is -0.154. The Morgan fingerprint density at radius 3 is 2.72 bits per heavy atom. The first-order valence-electron chi connectivity index (χ1n) is 8.10. The molecule has 0 spiro atoms. The Morgan fingerprint density at radius 2 is 2.04 bits per heavy atom. The van der Waals surface area contributed by atoms with Gasteiger partial charge in [0.2, 0.25) is 0 Å². The molecule has 0 bridgehead atoms. The topological polar surface area (TPSA) is 84.2 Å². The van der Waals surface area contributed by atoms with Gasteiger partial charge in [-0.25, -0.2) is 4.98 Å². The molecule has 0 saturated heterocycles. The Morgan fingerprint density at radius 1 is 1.32 bits per heavy atom. The van der Waals surface area contributed by atoms with Crippen LogP contribution in [0, 0.1) is 6.92 Å². The van der Waals surface area contributed by atoms with Crippen LogP contribution in [0.1, 0.15) is 35.0 Å². The minimum absolute atomic E-state index is 0.101. The monoisotopic (exact) mass is 357 g/mol. The van der Waals surface area contributed by atoms with Crippen LogP contribution in [-0.4, -0.2) is 20.6 Å². The van der Waals surface area contributed by atoms with E-state index >= 15 is 0 Å². The SMILES string of the molecule is CCCCn1cnc2sc(C(=O)Nc3ccc(O)cc3)c(C)c2c1=O. The molecule has 6 nitrogen and oxygen atoms in total. The third kappa shape index (κ3) is 3.41. The lowest BCUT2D eigenvalue weighted by molar-refractivity contribution is 0.103. The molecule has 0 unspecified atom stereocenters. The van der Waals surface area contributed by atoms with Crippen LogP contribution in [0.3, 0.4) is 0 Å². The number of fused-ring (bicyclic) bond motifs is 1. The summed E-state index contributed by atoms with van der Waals surface area (Å²) in [7, 11) is 0. The number of hydrogen-bond donors (Lipinski definition) is 2. The van der Waals surface area contributed by atoms with Crippen molar-refractivity contribution in [3.8, 4) is 5.75 Å². The molecule has 2 N–H and O–H groups in total. The number of phenolic OH excluding ortho intramolecular Hbond substituents is 1. The standard InChI is InChI=1S/C18H19N3O3S/c1-3-4-9-21-10-19-17-14(18(21)24)11(2)15(25-17)16(23)20-12-5-7-13(22)8-6-12/h5-8,10,22H,3-4,9H2,1-2H3,(H,20,23). The number of anilines is 1. The molecule has 1 amide bonds. The quantitative estimate of drug-likeness (QED) is 0.684. The molecular weight excluding hydrogens is 338 g/mol. The van der Waals surface area contributed by atoms with E-state index in [1.54, 1.807) is 30.0 Å². The Bertz CT molecular complexity index is 974. The van der Waals surface area contributed by atoms with Crippen LogP contribution < -0.4 is 10.9 Å². The van der Waals surface area contributed by atoms with Crippen LogP contribution >= 0.6 is 11.3 Å². The number of rotatable bonds is 5. The summed E-state index contributed by atoms with van der Waals surface area (Å²) < 4.78 is 1.60. The maximum absolute atomic E-state index is 12.7. The van der Waals surface area contributed by atoms with Crippen molar-refractivity contribution in [3.63, 3.8) is 0 Å². The second kappa shape index (κ2) is 7.06. The predicted octanol–water partition coefficient (Wildman–Crippen LogP) is 3.52. The highest BCUT2D eigenvalue weighted by atomic mass is 32.1. The van der Waals surface area contributed by atoms with Crippen LogP contribution in [0.2, 0.25) is 0 Å². The second-order valence-corrected chi connectivity index (χ2v) is 6.83. The molecule has 0 atom stereocenters. The van der Waals surface area contributed by atoms with E-state index in [1.165, 1.54) is 23.5 Å². The summed E-state index contributed by atoms with van der Waals surface area (Å²) in [4.78, 5) is 30.6. The molecule has 0 aliphatic heterocycles. The van der Waals surface area contributed by atoms with Gasteiger partial charge in [0.25, 0.3) is 11.5 Å². The molecule has 0 radical (unpaired) electrons. The van der Waals surface area contributed by atoms with Crippen LogP contribution in [0.4, 0.5) is 5.69 Å². The second-order valence-electron chi connectivity index (χ2n) is 5.83. The van der Waals surface area contributed by atoms with Crippen molar-refractivity contribution in [2.24, 2.45) is 0 Å². The van der Waals surface area contributed by atoms with Crippen molar-refractivity contribution < 1.29 is 9.90 Å². The number of nitrogens with zero attached hydrogens (tertiary/aromatic N) is 2. The number of phenols is 1. The van der Waals surface area contributed by atoms with Gasteiger partial charge < -0.3 is 10.4 Å². The van der Waals surface area contributed by atoms with Crippen LogP contribution in [-0.2, 0) is 6.54 Å². The Balaban J connectivity index is 1.95. The minimum atomic E-state index is -0.286. The molecule has 0 aliphatic rings. The first kappa shape index (κ1) is 17.2. The van der Waals surface area contributed by atoms with Crippen molar-refractivity contribution in [1.29, 1.82) is 0 Å². The lowest BCUT2D eigenvalue weighted by Gasteiger charge is -2.05. The molecule has 2 heterocycles. The summed E-state index contributed by atoms with van der Waals surface area (Å²) in [5.41, 5.74) is 1.13. The number of carbonyl (C=O) groups is 1. The number of hydrogen-bond acceptors (Lipinski definition) is 5. The van der Waals surface area contributed by atoms with Gasteiger partial charge in [0.05, 0.1) is 16.6 Å². The number of thiophene rings is 1. The number of benzene rings is 1. The van der Waals surface area contributed by atoms with Gasteiger partial charge in [-0.3, -0.25) is 14.2 Å². The van der Waals surface area contributed by atoms with Crippen LogP contribution in [0.25, 0.3) is 10.2 Å². The van der Waals surface area contributed by atoms with Gasteiger partial charge in [-0.05, 0) is 43.2 Å². The molecule has 7 heteroatoms. The molecule has 3 aromatic rings. The van der Waals surface area contributed by atoms with Gasteiger partial charge in [-0.1, -0.05) is 13.3 Å². The molecule has 25 heavy (non-hydrogen) atoms. The molecule has 130 valence electrons. The van der Waals surface area contributed by atoms with Crippen LogP contribution in [0.15, 0.2) is 35.4 Å². The van der Waals surface area contributed by atoms with E-state index in [0.29, 0.717) is 32.9 Å². The van der Waals surface area contributed by atoms with E-state index in [4.69, 9.17) is 0 Å². The number of aryl methyl sites for hydroxylation is 2. The zero-order valence-electron chi connectivity index (χ0n) is 14.1. The number of aromatic hydroxyl groups is 1. The number of amides is 1. The Hall–Kier alpha value is -2.67. The van der Waals surface area contributed by atoms with E-state index in [9.17, 15) is 14.7 Å². The van der Waals surface area contributed by atoms with E-state index in [-0.39, 0.29) is 17.2 Å². The number of carbonyl (C=O) groups excluding carboxylic acids is 1. The van der Waals surface area contributed by atoms with E-state index in [2.05, 4.69) is 17.2 Å². The van der Waals surface area contributed by atoms with Crippen molar-refractivity contribution in [2.75, 3.05) is 5.32 Å². The maximum Gasteiger partial charge on any atom is 0.266 e. The Kier molecular flexibility index (Phi) is 4.85. The number of unbranched alkanes of at least 4 members (excludes halogenated alkanes) is 1. The summed E-state index contributed by atoms with van der Waals surface area (Å²) in [6, 6.07) is 6.24. The minimum Gasteiger partial charge on any atom is -0.508 e. The third-order valence-electron chi connectivity index (χ3n) is 4.00. The van der Waals surface area contributed by atoms with E-state index in [0.717, 1.165) is 12.8 Å². The summed E-state index contributed by atoms with van der Waals surface area (Å²) in [6.45, 7) is 4.47. The Labute approximate surface area is 148 Å². The first-order chi connectivity index (χ1) is 12.0. The highest BCUT2D eigenvalue weighted by Gasteiger charge is 2.19. The van der Waals surface area contributed by atoms with Gasteiger partial charge in [0.1, 0.15) is 10.6 Å². The molecule has 0 saturated carbocycles. The molecule has 0 aliphatic carbocycles. The zero-order valence-corrected chi connectivity index (χ0v) is 14.9. The van der Waals surface area contributed by atoms with Crippen molar-refractivity contribution in [2.45, 2.75) is 33.2 Å². The van der Waals surface area contributed by atoms with Gasteiger partial charge in [-0.2, -0.15) is 0 Å². The van der Waals surface area contributed by atoms with Gasteiger partial charge in [0, 0.05) is 12.2 Å². The molecule has 1 aromatic carbocycles. The normalized spacial score (nSPS) is 11.0. The van der Waals surface area contributed by atoms with Gasteiger partial charge in [-0.15, -0.1) is 11.3 Å². The zero-order chi connectivity index (χ0) is 18.0. The fraction of sp³-hybridized carbons (Fsp3) is 0.278. The molecule has 3 rings (SSSR count). The van der Waals surface area contributed by atoms with Crippen molar-refractivity contribution in [3.05, 3.63) is 51.4 Å². The lowest BCUT2D eigenvalue weighted by Crippen LogP contribution is -2.20. The maximum atomic E-state index is 12.7. The summed E-state index contributed by atoms with van der Waals surface area (Å²) in [5, 5.41) is 12.6. The van der Waals surface area contributed by atoms with Crippen LogP contribution in [0.5, 0.6) is 5.75 Å². The smallest absolute Gasteiger partial charge is 0.266 e. The average molecular weight is 357 g/mol.